The number of esters is 1. The first-order valence-electron chi connectivity index (χ1n) is 16.1. The van der Waals surface area contributed by atoms with Crippen molar-refractivity contribution < 1.29 is 37.1 Å². The molecule has 2 unspecified atom stereocenters. The van der Waals surface area contributed by atoms with Crippen LogP contribution in [0.25, 0.3) is 0 Å². The average Bonchev–Trinajstić information content (AvgIpc) is 3.43. The average molecular weight is 796 g/mol. The lowest BCUT2D eigenvalue weighted by molar-refractivity contribution is -0.148. The molecule has 3 N–H and O–H groups in total. The molecule has 0 aromatic heterocycles. The number of fused-ring (bicyclic) bond motifs is 1. The van der Waals surface area contributed by atoms with Gasteiger partial charge in [0.15, 0.2) is 6.10 Å². The van der Waals surface area contributed by atoms with Crippen molar-refractivity contribution in [2.75, 3.05) is 19.6 Å². The van der Waals surface area contributed by atoms with Crippen molar-refractivity contribution in [3.63, 3.8) is 0 Å². The third kappa shape index (κ3) is 7.74. The Morgan fingerprint density at radius 3 is 2.67 bits per heavy atom. The molecule has 15 heteroatoms. The summed E-state index contributed by atoms with van der Waals surface area (Å²) in [5, 5.41) is 5.22. The SMILES string of the molecule is C=C=C(CNC(=O)[C@@H]1CCC(=O)O1)N1C[C@H](OC(=O)N2Cc3cccc(I)c3C2)C[C@H]1C(=O)N[C@]1(CNS(=O)(=O)C(C)CC)CC1C=C. The Morgan fingerprint density at radius 1 is 1.27 bits per heavy atom. The van der Waals surface area contributed by atoms with E-state index in [-0.39, 0.29) is 44.8 Å². The van der Waals surface area contributed by atoms with E-state index in [1.807, 2.05) is 18.2 Å². The maximum absolute atomic E-state index is 14.0. The number of hydrogen-bond acceptors (Lipinski definition) is 9. The monoisotopic (exact) mass is 795 g/mol. The van der Waals surface area contributed by atoms with Gasteiger partial charge in [0.2, 0.25) is 15.9 Å². The highest BCUT2D eigenvalue weighted by molar-refractivity contribution is 14.1. The van der Waals surface area contributed by atoms with Gasteiger partial charge >= 0.3 is 12.1 Å². The molecular formula is C33H42IN5O8S. The van der Waals surface area contributed by atoms with E-state index in [9.17, 15) is 27.6 Å². The summed E-state index contributed by atoms with van der Waals surface area (Å²) in [5.41, 5.74) is 4.48. The molecule has 48 heavy (non-hydrogen) atoms. The lowest BCUT2D eigenvalue weighted by Gasteiger charge is -2.29. The van der Waals surface area contributed by atoms with Crippen LogP contribution in [0, 0.1) is 9.49 Å². The number of benzene rings is 1. The first-order valence-corrected chi connectivity index (χ1v) is 18.7. The number of rotatable bonds is 13. The first kappa shape index (κ1) is 35.9. The van der Waals surface area contributed by atoms with Gasteiger partial charge in [-0.15, -0.1) is 12.3 Å². The molecule has 1 aromatic carbocycles. The maximum atomic E-state index is 14.0. The van der Waals surface area contributed by atoms with E-state index in [0.29, 0.717) is 31.6 Å². The highest BCUT2D eigenvalue weighted by Crippen LogP contribution is 2.44. The number of nitrogens with one attached hydrogen (secondary N) is 3. The Balaban J connectivity index is 1.30. The number of nitrogens with zero attached hydrogens (tertiary/aromatic N) is 2. The summed E-state index contributed by atoms with van der Waals surface area (Å²) in [5.74, 6) is -1.46. The standard InChI is InChI=1S/C33H42IN5O8S/c1-5-20(4)48(44,45)36-19-33(14-22(33)6-2)37-30(41)27-13-24(46-32(43)38-16-21-9-8-10-26(34)25(21)18-38)17-39(27)23(7-3)15-35-31(42)28-11-12-29(40)47-28/h6,8-10,20,22,24,27-28,36H,2-3,5,11-19H2,1,4H3,(H,35,42)(H,37,41)/t20?,22?,24-,27+,28+,33+/m1/s1. The number of carbonyl (C=O) groups is 4. The van der Waals surface area contributed by atoms with E-state index in [4.69, 9.17) is 9.47 Å². The Bertz CT molecular complexity index is 1650. The Kier molecular flexibility index (Phi) is 10.9. The third-order valence-electron chi connectivity index (χ3n) is 9.66. The molecule has 260 valence electrons. The van der Waals surface area contributed by atoms with Crippen LogP contribution < -0.4 is 15.4 Å². The van der Waals surface area contributed by atoms with Crippen molar-refractivity contribution in [3.8, 4) is 0 Å². The van der Waals surface area contributed by atoms with Gasteiger partial charge in [-0.05, 0) is 59.5 Å². The van der Waals surface area contributed by atoms with E-state index < -0.39 is 62.9 Å². The van der Waals surface area contributed by atoms with E-state index in [1.165, 1.54) is 0 Å². The van der Waals surface area contributed by atoms with Gasteiger partial charge < -0.3 is 25.0 Å². The number of carbonyl (C=O) groups excluding carboxylic acids is 4. The second-order valence-corrected chi connectivity index (χ2v) is 16.1. The van der Waals surface area contributed by atoms with Crippen molar-refractivity contribution in [1.82, 2.24) is 25.2 Å². The number of halogens is 1. The van der Waals surface area contributed by atoms with Gasteiger partial charge in [-0.3, -0.25) is 19.3 Å². The van der Waals surface area contributed by atoms with Gasteiger partial charge in [0, 0.05) is 41.8 Å². The zero-order valence-electron chi connectivity index (χ0n) is 27.1. The highest BCUT2D eigenvalue weighted by Gasteiger charge is 2.55. The smallest absolute Gasteiger partial charge is 0.410 e. The molecule has 6 atom stereocenters. The normalized spacial score (nSPS) is 26.6. The molecule has 5 rings (SSSR count). The summed E-state index contributed by atoms with van der Waals surface area (Å²) in [7, 11) is -3.60. The molecule has 2 saturated heterocycles. The Morgan fingerprint density at radius 2 is 2.04 bits per heavy atom. The van der Waals surface area contributed by atoms with Crippen molar-refractivity contribution in [2.45, 2.75) is 88.1 Å². The molecule has 3 fully saturated rings. The largest absolute Gasteiger partial charge is 0.452 e. The molecule has 3 heterocycles. The Hall–Kier alpha value is -3.40. The molecule has 1 aromatic rings. The van der Waals surface area contributed by atoms with Crippen LogP contribution in [0.1, 0.15) is 57.1 Å². The second kappa shape index (κ2) is 14.6. The van der Waals surface area contributed by atoms with Crippen LogP contribution in [0.15, 0.2) is 48.9 Å². The maximum Gasteiger partial charge on any atom is 0.410 e. The van der Waals surface area contributed by atoms with Crippen molar-refractivity contribution in [1.29, 1.82) is 0 Å². The summed E-state index contributed by atoms with van der Waals surface area (Å²) in [6, 6.07) is 5.08. The fraction of sp³-hybridized carbons (Fsp3) is 0.545. The van der Waals surface area contributed by atoms with Crippen LogP contribution in [-0.2, 0) is 47.0 Å². The summed E-state index contributed by atoms with van der Waals surface area (Å²) in [4.78, 5) is 54.9. The quantitative estimate of drug-likeness (QED) is 0.118. The predicted molar refractivity (Wildman–Crippen MR) is 184 cm³/mol. The number of hydrogen-bond donors (Lipinski definition) is 3. The van der Waals surface area contributed by atoms with E-state index in [1.54, 1.807) is 29.7 Å². The van der Waals surface area contributed by atoms with Gasteiger partial charge in [-0.25, -0.2) is 17.9 Å². The van der Waals surface area contributed by atoms with Gasteiger partial charge in [0.25, 0.3) is 5.91 Å². The molecule has 0 bridgehead atoms. The molecule has 13 nitrogen and oxygen atoms in total. The third-order valence-corrected chi connectivity index (χ3v) is 12.6. The fourth-order valence-electron chi connectivity index (χ4n) is 6.37. The van der Waals surface area contributed by atoms with Crippen LogP contribution in [-0.4, -0.2) is 90.8 Å². The molecule has 3 amide bonds. The van der Waals surface area contributed by atoms with Crippen molar-refractivity contribution in [3.05, 3.63) is 63.6 Å². The summed E-state index contributed by atoms with van der Waals surface area (Å²) >= 11 is 2.25. The number of amides is 3. The number of ether oxygens (including phenoxy) is 2. The zero-order valence-corrected chi connectivity index (χ0v) is 30.1. The number of likely N-dealkylation sites (tertiary alicyclic amines) is 1. The summed E-state index contributed by atoms with van der Waals surface area (Å²) in [6.45, 7) is 12.0. The van der Waals surface area contributed by atoms with Crippen molar-refractivity contribution >= 4 is 56.5 Å². The van der Waals surface area contributed by atoms with E-state index >= 15 is 0 Å². The topological polar surface area (TPSA) is 163 Å². The van der Waals surface area contributed by atoms with Crippen LogP contribution in [0.4, 0.5) is 4.79 Å². The number of cyclic esters (lactones) is 1. The van der Waals surface area contributed by atoms with Gasteiger partial charge in [0.05, 0.1) is 36.1 Å². The minimum Gasteiger partial charge on any atom is -0.452 e. The Labute approximate surface area is 294 Å². The molecule has 1 saturated carbocycles. The minimum atomic E-state index is -3.60. The van der Waals surface area contributed by atoms with Crippen LogP contribution in [0.2, 0.25) is 0 Å². The lowest BCUT2D eigenvalue weighted by atomic mass is 10.1. The van der Waals surface area contributed by atoms with Crippen LogP contribution in [0.5, 0.6) is 0 Å². The molecule has 0 radical (unpaired) electrons. The van der Waals surface area contributed by atoms with E-state index in [2.05, 4.69) is 56.8 Å². The number of sulfonamides is 1. The fourth-order valence-corrected chi connectivity index (χ4v) is 8.28. The molecule has 0 spiro atoms. The van der Waals surface area contributed by atoms with Crippen molar-refractivity contribution in [2.24, 2.45) is 5.92 Å². The van der Waals surface area contributed by atoms with E-state index in [0.717, 1.165) is 14.7 Å². The zero-order chi connectivity index (χ0) is 34.8. The lowest BCUT2D eigenvalue weighted by Crippen LogP contribution is -2.53. The molecule has 1 aliphatic carbocycles. The molecule has 4 aliphatic rings. The van der Waals surface area contributed by atoms with Crippen LogP contribution in [0.3, 0.4) is 0 Å². The predicted octanol–water partition coefficient (Wildman–Crippen LogP) is 2.46. The molecular weight excluding hydrogens is 753 g/mol. The highest BCUT2D eigenvalue weighted by atomic mass is 127. The molecule has 3 aliphatic heterocycles. The minimum absolute atomic E-state index is 0.00186. The summed E-state index contributed by atoms with van der Waals surface area (Å²) < 4.78 is 40.3. The van der Waals surface area contributed by atoms with Gasteiger partial charge in [-0.1, -0.05) is 31.7 Å². The summed E-state index contributed by atoms with van der Waals surface area (Å²) in [6.07, 6.45) is 1.14. The first-order chi connectivity index (χ1) is 22.8. The second-order valence-electron chi connectivity index (χ2n) is 12.8. The van der Waals surface area contributed by atoms with Crippen LogP contribution >= 0.6 is 22.6 Å². The van der Waals surface area contributed by atoms with Gasteiger partial charge in [-0.2, -0.15) is 0 Å². The van der Waals surface area contributed by atoms with Gasteiger partial charge in [0.1, 0.15) is 12.1 Å².